The Morgan fingerprint density at radius 2 is 2.00 bits per heavy atom. The van der Waals surface area contributed by atoms with Crippen LogP contribution in [0.15, 0.2) is 89.4 Å². The van der Waals surface area contributed by atoms with E-state index in [9.17, 15) is 19.7 Å². The molecule has 0 unspecified atom stereocenters. The second kappa shape index (κ2) is 11.4. The largest absolute Gasteiger partial charge is 0.463 e. The van der Waals surface area contributed by atoms with Crippen LogP contribution in [0.4, 0.5) is 5.69 Å². The summed E-state index contributed by atoms with van der Waals surface area (Å²) in [6.07, 6.45) is 3.61. The van der Waals surface area contributed by atoms with Gasteiger partial charge >= 0.3 is 5.97 Å². The molecule has 0 N–H and O–H groups in total. The molecule has 0 amide bonds. The minimum absolute atomic E-state index is 0.0429. The summed E-state index contributed by atoms with van der Waals surface area (Å²) >= 11 is 6.17. The van der Waals surface area contributed by atoms with Crippen molar-refractivity contribution in [2.75, 3.05) is 12.9 Å². The predicted molar refractivity (Wildman–Crippen MR) is 157 cm³/mol. The summed E-state index contributed by atoms with van der Waals surface area (Å²) in [6.45, 7) is 3.68. The van der Waals surface area contributed by atoms with Crippen LogP contribution in [0.5, 0.6) is 0 Å². The van der Waals surface area contributed by atoms with Crippen molar-refractivity contribution in [3.05, 3.63) is 111 Å². The molecule has 2 aromatic carbocycles. The number of nitro benzene ring substituents is 1. The molecule has 0 fully saturated rings. The first kappa shape index (κ1) is 27.8. The highest BCUT2D eigenvalue weighted by molar-refractivity contribution is 9.10. The molecule has 1 aliphatic rings. The van der Waals surface area contributed by atoms with Gasteiger partial charge in [-0.1, -0.05) is 23.5 Å². The van der Waals surface area contributed by atoms with Gasteiger partial charge in [0.15, 0.2) is 4.80 Å². The number of nitrogens with zero attached hydrogens (tertiary/aromatic N) is 3. The third-order valence-corrected chi connectivity index (χ3v) is 8.66. The number of rotatable bonds is 7. The summed E-state index contributed by atoms with van der Waals surface area (Å²) in [4.78, 5) is 43.5. The zero-order valence-corrected chi connectivity index (χ0v) is 24.8. The first-order valence-corrected chi connectivity index (χ1v) is 14.9. The standard InChI is InChI=1S/C28H22BrN3O6S2/c1-4-37-27(34)24-15(2)30-28-31(25(24)16-5-9-19(39-3)10-6-16)26(33)23(40-28)14-18-8-12-22(38-18)20-11-7-17(32(35)36)13-21(20)29/h5-14,25H,4H2,1-3H3/b23-14-/t25-/m0/s1. The summed E-state index contributed by atoms with van der Waals surface area (Å²) in [5.41, 5.74) is 1.86. The van der Waals surface area contributed by atoms with Crippen molar-refractivity contribution in [1.82, 2.24) is 4.57 Å². The monoisotopic (exact) mass is 639 g/mol. The van der Waals surface area contributed by atoms with Gasteiger partial charge in [-0.15, -0.1) is 11.8 Å². The number of allylic oxidation sites excluding steroid dienone is 1. The van der Waals surface area contributed by atoms with Crippen molar-refractivity contribution in [2.24, 2.45) is 4.99 Å². The van der Waals surface area contributed by atoms with Gasteiger partial charge in [0.05, 0.1) is 33.4 Å². The minimum Gasteiger partial charge on any atom is -0.463 e. The van der Waals surface area contributed by atoms with Crippen LogP contribution >= 0.6 is 39.0 Å². The van der Waals surface area contributed by atoms with Gasteiger partial charge in [-0.25, -0.2) is 9.79 Å². The topological polar surface area (TPSA) is 117 Å². The van der Waals surface area contributed by atoms with Crippen LogP contribution in [0.25, 0.3) is 17.4 Å². The number of esters is 1. The molecule has 0 aliphatic carbocycles. The van der Waals surface area contributed by atoms with Crippen molar-refractivity contribution < 1.29 is 18.9 Å². The number of ether oxygens (including phenoxy) is 1. The van der Waals surface area contributed by atoms with Gasteiger partial charge in [-0.3, -0.25) is 19.5 Å². The average molecular weight is 641 g/mol. The number of furan rings is 1. The molecule has 0 bridgehead atoms. The van der Waals surface area contributed by atoms with Crippen molar-refractivity contribution in [3.63, 3.8) is 0 Å². The molecule has 5 rings (SSSR count). The quantitative estimate of drug-likeness (QED) is 0.114. The summed E-state index contributed by atoms with van der Waals surface area (Å²) in [5, 5.41) is 11.1. The number of halogens is 1. The smallest absolute Gasteiger partial charge is 0.338 e. The van der Waals surface area contributed by atoms with Crippen LogP contribution < -0.4 is 14.9 Å². The van der Waals surface area contributed by atoms with Crippen LogP contribution in [0.3, 0.4) is 0 Å². The van der Waals surface area contributed by atoms with Crippen molar-refractivity contribution in [2.45, 2.75) is 24.8 Å². The van der Waals surface area contributed by atoms with Gasteiger partial charge < -0.3 is 9.15 Å². The van der Waals surface area contributed by atoms with Gasteiger partial charge in [0.25, 0.3) is 11.2 Å². The maximum Gasteiger partial charge on any atom is 0.338 e. The molecule has 9 nitrogen and oxygen atoms in total. The Labute approximate surface area is 244 Å². The highest BCUT2D eigenvalue weighted by atomic mass is 79.9. The first-order chi connectivity index (χ1) is 19.2. The number of nitro groups is 1. The average Bonchev–Trinajstić information content (AvgIpc) is 3.52. The maximum atomic E-state index is 13.8. The highest BCUT2D eigenvalue weighted by Crippen LogP contribution is 2.33. The zero-order chi connectivity index (χ0) is 28.6. The van der Waals surface area contributed by atoms with E-state index >= 15 is 0 Å². The number of thioether (sulfide) groups is 1. The first-order valence-electron chi connectivity index (χ1n) is 12.1. The Balaban J connectivity index is 1.60. The van der Waals surface area contributed by atoms with E-state index in [1.807, 2.05) is 30.5 Å². The number of carbonyl (C=O) groups is 1. The molecule has 204 valence electrons. The van der Waals surface area contributed by atoms with Gasteiger partial charge in [0.2, 0.25) is 0 Å². The lowest BCUT2D eigenvalue weighted by atomic mass is 9.96. The second-order valence-electron chi connectivity index (χ2n) is 8.70. The number of carbonyl (C=O) groups excluding carboxylic acids is 1. The summed E-state index contributed by atoms with van der Waals surface area (Å²) in [5.74, 6) is 0.391. The van der Waals surface area contributed by atoms with Crippen molar-refractivity contribution in [1.29, 1.82) is 0 Å². The fourth-order valence-corrected chi connectivity index (χ4v) is 6.41. The Kier molecular flexibility index (Phi) is 7.92. The van der Waals surface area contributed by atoms with Crippen LogP contribution in [0, 0.1) is 10.1 Å². The Hall–Kier alpha value is -3.74. The van der Waals surface area contributed by atoms with E-state index in [0.29, 0.717) is 42.2 Å². The number of non-ortho nitro benzene ring substituents is 1. The molecule has 12 heteroatoms. The lowest BCUT2D eigenvalue weighted by molar-refractivity contribution is -0.384. The minimum atomic E-state index is -0.698. The number of hydrogen-bond acceptors (Lipinski definition) is 9. The van der Waals surface area contributed by atoms with Gasteiger partial charge in [-0.05, 0) is 71.9 Å². The predicted octanol–water partition coefficient (Wildman–Crippen LogP) is 5.45. The van der Waals surface area contributed by atoms with E-state index in [0.717, 1.165) is 10.5 Å². The normalized spacial score (nSPS) is 15.1. The van der Waals surface area contributed by atoms with Crippen LogP contribution in [0.1, 0.15) is 31.2 Å². The molecule has 0 saturated heterocycles. The lowest BCUT2D eigenvalue weighted by Gasteiger charge is -2.24. The molecule has 0 saturated carbocycles. The van der Waals surface area contributed by atoms with E-state index in [-0.39, 0.29) is 17.9 Å². The van der Waals surface area contributed by atoms with Crippen LogP contribution in [-0.2, 0) is 9.53 Å². The second-order valence-corrected chi connectivity index (χ2v) is 11.4. The zero-order valence-electron chi connectivity index (χ0n) is 21.5. The van der Waals surface area contributed by atoms with Crippen LogP contribution in [-0.4, -0.2) is 28.3 Å². The van der Waals surface area contributed by atoms with E-state index < -0.39 is 16.9 Å². The molecule has 4 aromatic rings. The molecule has 2 aromatic heterocycles. The molecular weight excluding hydrogens is 618 g/mol. The van der Waals surface area contributed by atoms with E-state index in [1.165, 1.54) is 28.0 Å². The Bertz CT molecular complexity index is 1850. The third kappa shape index (κ3) is 5.21. The molecule has 1 aliphatic heterocycles. The fourth-order valence-electron chi connectivity index (χ4n) is 4.41. The van der Waals surface area contributed by atoms with E-state index in [1.54, 1.807) is 49.9 Å². The molecular formula is C28H22BrN3O6S2. The summed E-state index contributed by atoms with van der Waals surface area (Å²) in [7, 11) is 0. The van der Waals surface area contributed by atoms with Crippen LogP contribution in [0.2, 0.25) is 0 Å². The third-order valence-electron chi connectivity index (χ3n) is 6.28. The lowest BCUT2D eigenvalue weighted by Crippen LogP contribution is -2.39. The molecule has 0 radical (unpaired) electrons. The molecule has 40 heavy (non-hydrogen) atoms. The molecule has 3 heterocycles. The number of thiazole rings is 1. The fraction of sp³-hybridized carbons (Fsp3) is 0.179. The van der Waals surface area contributed by atoms with Gasteiger partial charge in [0, 0.05) is 33.1 Å². The summed E-state index contributed by atoms with van der Waals surface area (Å²) in [6, 6.07) is 14.9. The van der Waals surface area contributed by atoms with Gasteiger partial charge in [0.1, 0.15) is 11.5 Å². The van der Waals surface area contributed by atoms with E-state index in [2.05, 4.69) is 20.9 Å². The number of hydrogen-bond donors (Lipinski definition) is 0. The Morgan fingerprint density at radius 3 is 2.65 bits per heavy atom. The molecule has 1 atom stereocenters. The highest BCUT2D eigenvalue weighted by Gasteiger charge is 2.33. The summed E-state index contributed by atoms with van der Waals surface area (Å²) < 4.78 is 13.7. The number of fused-ring (bicyclic) bond motifs is 1. The van der Waals surface area contributed by atoms with Crippen molar-refractivity contribution >= 4 is 56.8 Å². The van der Waals surface area contributed by atoms with Gasteiger partial charge in [-0.2, -0.15) is 0 Å². The van der Waals surface area contributed by atoms with Crippen molar-refractivity contribution in [3.8, 4) is 11.3 Å². The SMILES string of the molecule is CCOC(=O)C1=C(C)N=c2s/c(=C\c3ccc(-c4ccc([N+](=O)[O-])cc4Br)o3)c(=O)n2[C@H]1c1ccc(SC)cc1. The number of benzene rings is 2. The van der Waals surface area contributed by atoms with E-state index in [4.69, 9.17) is 9.15 Å². The number of aromatic nitrogens is 1. The maximum absolute atomic E-state index is 13.8. The molecule has 0 spiro atoms. The Morgan fingerprint density at radius 1 is 1.25 bits per heavy atom.